The van der Waals surface area contributed by atoms with Gasteiger partial charge in [-0.25, -0.2) is 4.79 Å². The topological polar surface area (TPSA) is 134 Å². The van der Waals surface area contributed by atoms with E-state index >= 15 is 0 Å². The van der Waals surface area contributed by atoms with Gasteiger partial charge in [-0.1, -0.05) is 32.0 Å². The number of benzene rings is 1. The smallest absolute Gasteiger partial charge is 0.492 e. The first-order chi connectivity index (χ1) is 20.9. The lowest BCUT2D eigenvalue weighted by atomic mass is 9.84. The number of hydrogen-bond donors (Lipinski definition) is 1. The van der Waals surface area contributed by atoms with Gasteiger partial charge in [0.15, 0.2) is 5.82 Å². The molecule has 4 rings (SSSR count). The summed E-state index contributed by atoms with van der Waals surface area (Å²) in [7, 11) is 0. The van der Waals surface area contributed by atoms with Crippen molar-refractivity contribution in [3.63, 3.8) is 0 Å². The lowest BCUT2D eigenvalue weighted by Crippen LogP contribution is -2.44. The van der Waals surface area contributed by atoms with Crippen molar-refractivity contribution in [2.45, 2.75) is 84.0 Å². The number of aromatic nitrogens is 2. The van der Waals surface area contributed by atoms with Gasteiger partial charge in [0, 0.05) is 25.6 Å². The molecule has 2 aliphatic heterocycles. The predicted octanol–water partition coefficient (Wildman–Crippen LogP) is 4.99. The van der Waals surface area contributed by atoms with Crippen LogP contribution in [0.15, 0.2) is 22.7 Å². The number of nitrogens with zero attached hydrogens (tertiary/aromatic N) is 5. The molecular formula is C30H39F3N6O5. The number of piperidine rings is 1. The summed E-state index contributed by atoms with van der Waals surface area (Å²) in [5, 5.41) is 13.5. The van der Waals surface area contributed by atoms with E-state index in [1.54, 1.807) is 25.1 Å². The third-order valence-corrected chi connectivity index (χ3v) is 8.39. The minimum atomic E-state index is -5.24. The zero-order valence-electron chi connectivity index (χ0n) is 25.4. The predicted molar refractivity (Wildman–Crippen MR) is 152 cm³/mol. The van der Waals surface area contributed by atoms with E-state index in [0.717, 1.165) is 32.4 Å². The third kappa shape index (κ3) is 7.99. The number of nitriles is 1. The zero-order chi connectivity index (χ0) is 32.0. The molecule has 2 aromatic rings. The molecule has 1 aromatic carbocycles. The Morgan fingerprint density at radius 2 is 1.91 bits per heavy atom. The highest BCUT2D eigenvalue weighted by atomic mass is 19.4. The van der Waals surface area contributed by atoms with Crippen LogP contribution in [-0.4, -0.2) is 65.4 Å². The maximum absolute atomic E-state index is 13.3. The van der Waals surface area contributed by atoms with Crippen LogP contribution in [0, 0.1) is 30.1 Å². The Kier molecular flexibility index (Phi) is 10.7. The fraction of sp³-hybridized carbons (Fsp3) is 0.633. The fourth-order valence-corrected chi connectivity index (χ4v) is 5.66. The minimum Gasteiger partial charge on any atom is -0.494 e. The standard InChI is InChI=1S/C30H39F3N6O5/c1-18(2)26-35-29(44-37-26)38-13-9-21(10-14-38)19(3)11-15-42-23-7-8-24(20(4)16-23)25(36-43-28(41)30(31,32)33)27(40)39-12-5-6-22(39)17-34/h7-8,16,18-19,21-22,25,36H,5-6,9-15H2,1-4H3/t19-,22+,25+/m1/s1. The molecule has 0 unspecified atom stereocenters. The van der Waals surface area contributed by atoms with E-state index in [2.05, 4.69) is 26.8 Å². The second-order valence-corrected chi connectivity index (χ2v) is 11.8. The maximum atomic E-state index is 13.3. The Hall–Kier alpha value is -3.86. The fourth-order valence-electron chi connectivity index (χ4n) is 5.66. The molecule has 0 spiro atoms. The first-order valence-electron chi connectivity index (χ1n) is 14.9. The number of carbonyl (C=O) groups excluding carboxylic acids is 2. The highest BCUT2D eigenvalue weighted by Crippen LogP contribution is 2.31. The molecule has 2 fully saturated rings. The SMILES string of the molecule is Cc1cc(OCC[C@@H](C)C2CCN(c3nc(C(C)C)no3)CC2)ccc1[C@H](NOC(=O)C(F)(F)F)C(=O)N1CCC[C@H]1C#N. The molecule has 14 heteroatoms. The van der Waals surface area contributed by atoms with Crippen LogP contribution in [0.25, 0.3) is 0 Å². The lowest BCUT2D eigenvalue weighted by Gasteiger charge is -2.33. The number of anilines is 1. The molecule has 3 heterocycles. The van der Waals surface area contributed by atoms with Crippen molar-refractivity contribution in [3.8, 4) is 11.8 Å². The summed E-state index contributed by atoms with van der Waals surface area (Å²) >= 11 is 0. The largest absolute Gasteiger partial charge is 0.494 e. The average Bonchev–Trinajstić information content (AvgIpc) is 3.68. The van der Waals surface area contributed by atoms with Gasteiger partial charge in [0.05, 0.1) is 12.7 Å². The van der Waals surface area contributed by atoms with Crippen LogP contribution in [0.5, 0.6) is 5.75 Å². The number of amides is 1. The number of alkyl halides is 3. The van der Waals surface area contributed by atoms with Crippen LogP contribution in [0.1, 0.15) is 81.8 Å². The van der Waals surface area contributed by atoms with Gasteiger partial charge in [0.25, 0.3) is 0 Å². The van der Waals surface area contributed by atoms with Gasteiger partial charge in [-0.15, -0.1) is 5.48 Å². The van der Waals surface area contributed by atoms with Gasteiger partial charge >= 0.3 is 18.2 Å². The number of likely N-dealkylation sites (tertiary alicyclic amines) is 1. The van der Waals surface area contributed by atoms with E-state index in [9.17, 15) is 28.0 Å². The monoisotopic (exact) mass is 620 g/mol. The van der Waals surface area contributed by atoms with Gasteiger partial charge < -0.3 is 23.9 Å². The number of hydroxylamine groups is 1. The number of rotatable bonds is 11. The Morgan fingerprint density at radius 3 is 2.52 bits per heavy atom. The number of carbonyl (C=O) groups is 2. The summed E-state index contributed by atoms with van der Waals surface area (Å²) in [4.78, 5) is 36.9. The van der Waals surface area contributed by atoms with E-state index in [1.165, 1.54) is 4.90 Å². The van der Waals surface area contributed by atoms with Crippen molar-refractivity contribution in [1.29, 1.82) is 5.26 Å². The Labute approximate surface area is 254 Å². The quantitative estimate of drug-likeness (QED) is 0.343. The van der Waals surface area contributed by atoms with Gasteiger partial charge in [-0.3, -0.25) is 4.79 Å². The highest BCUT2D eigenvalue weighted by Gasteiger charge is 2.43. The van der Waals surface area contributed by atoms with Crippen LogP contribution in [0.2, 0.25) is 0 Å². The van der Waals surface area contributed by atoms with Gasteiger partial charge in [0.1, 0.15) is 17.8 Å². The van der Waals surface area contributed by atoms with Crippen LogP contribution < -0.4 is 15.1 Å². The summed E-state index contributed by atoms with van der Waals surface area (Å²) in [6, 6.07) is 5.34. The second kappa shape index (κ2) is 14.3. The van der Waals surface area contributed by atoms with E-state index in [0.29, 0.717) is 60.0 Å². The minimum absolute atomic E-state index is 0.209. The van der Waals surface area contributed by atoms with Crippen molar-refractivity contribution < 1.29 is 36.9 Å². The van der Waals surface area contributed by atoms with Crippen LogP contribution in [0.3, 0.4) is 0 Å². The van der Waals surface area contributed by atoms with E-state index < -0.39 is 30.1 Å². The molecular weight excluding hydrogens is 581 g/mol. The number of hydrogen-bond acceptors (Lipinski definition) is 10. The highest BCUT2D eigenvalue weighted by molar-refractivity contribution is 5.85. The molecule has 3 atom stereocenters. The Balaban J connectivity index is 1.33. The van der Waals surface area contributed by atoms with E-state index in [1.807, 2.05) is 25.4 Å². The lowest BCUT2D eigenvalue weighted by molar-refractivity contribution is -0.209. The molecule has 2 aliphatic rings. The van der Waals surface area contributed by atoms with Crippen LogP contribution in [0.4, 0.5) is 19.2 Å². The van der Waals surface area contributed by atoms with Crippen LogP contribution in [-0.2, 0) is 14.4 Å². The molecule has 11 nitrogen and oxygen atoms in total. The maximum Gasteiger partial charge on any atom is 0.492 e. The van der Waals surface area contributed by atoms with Crippen molar-refractivity contribution in [1.82, 2.24) is 20.5 Å². The molecule has 44 heavy (non-hydrogen) atoms. The Bertz CT molecular complexity index is 1340. The molecule has 1 aromatic heterocycles. The van der Waals surface area contributed by atoms with Crippen LogP contribution >= 0.6 is 0 Å². The Morgan fingerprint density at radius 1 is 1.18 bits per heavy atom. The summed E-state index contributed by atoms with van der Waals surface area (Å²) in [5.74, 6) is -0.735. The summed E-state index contributed by atoms with van der Waals surface area (Å²) in [5.41, 5.74) is 2.87. The molecule has 0 saturated carbocycles. The summed E-state index contributed by atoms with van der Waals surface area (Å²) < 4.78 is 49.8. The molecule has 0 radical (unpaired) electrons. The first-order valence-corrected chi connectivity index (χ1v) is 14.9. The van der Waals surface area contributed by atoms with Crippen molar-refractivity contribution >= 4 is 17.9 Å². The van der Waals surface area contributed by atoms with E-state index in [-0.39, 0.29) is 12.5 Å². The third-order valence-electron chi connectivity index (χ3n) is 8.39. The van der Waals surface area contributed by atoms with Gasteiger partial charge in [-0.2, -0.15) is 23.4 Å². The van der Waals surface area contributed by atoms with E-state index in [4.69, 9.17) is 9.26 Å². The zero-order valence-corrected chi connectivity index (χ0v) is 25.4. The number of aryl methyl sites for hydroxylation is 1. The number of ether oxygens (including phenoxy) is 1. The van der Waals surface area contributed by atoms with Crippen molar-refractivity contribution in [2.24, 2.45) is 11.8 Å². The average molecular weight is 621 g/mol. The summed E-state index contributed by atoms with van der Waals surface area (Å²) in [6.07, 6.45) is -1.38. The molecule has 1 N–H and O–H groups in total. The second-order valence-electron chi connectivity index (χ2n) is 11.8. The van der Waals surface area contributed by atoms with Gasteiger partial charge in [-0.05, 0) is 74.1 Å². The van der Waals surface area contributed by atoms with Crippen molar-refractivity contribution in [2.75, 3.05) is 31.1 Å². The normalized spacial score (nSPS) is 19.1. The molecule has 2 saturated heterocycles. The first kappa shape index (κ1) is 33.0. The number of halogens is 3. The van der Waals surface area contributed by atoms with Gasteiger partial charge in [0.2, 0.25) is 5.91 Å². The molecule has 0 bridgehead atoms. The summed E-state index contributed by atoms with van der Waals surface area (Å²) in [6.45, 7) is 10.4. The molecule has 240 valence electrons. The molecule has 1 amide bonds. The molecule has 0 aliphatic carbocycles. The number of nitrogens with one attached hydrogen (secondary N) is 1. The van der Waals surface area contributed by atoms with Crippen molar-refractivity contribution in [3.05, 3.63) is 35.2 Å².